The van der Waals surface area contributed by atoms with Gasteiger partial charge < -0.3 is 5.32 Å². The number of anilines is 1. The Hall–Kier alpha value is -1.73. The van der Waals surface area contributed by atoms with Crippen molar-refractivity contribution in [2.24, 2.45) is 5.92 Å². The van der Waals surface area contributed by atoms with Gasteiger partial charge in [-0.3, -0.25) is 0 Å². The Kier molecular flexibility index (Phi) is 3.27. The van der Waals surface area contributed by atoms with E-state index in [1.54, 1.807) is 0 Å². The minimum absolute atomic E-state index is 0.279. The summed E-state index contributed by atoms with van der Waals surface area (Å²) in [6.45, 7) is 4.39. The summed E-state index contributed by atoms with van der Waals surface area (Å²) < 4.78 is 0. The molecule has 0 radical (unpaired) electrons. The number of rotatable bonds is 1. The van der Waals surface area contributed by atoms with E-state index in [0.717, 1.165) is 11.4 Å². The molecule has 0 unspecified atom stereocenters. The lowest BCUT2D eigenvalue weighted by molar-refractivity contribution is 0.425. The summed E-state index contributed by atoms with van der Waals surface area (Å²) in [6.07, 6.45) is 5.81. The van der Waals surface area contributed by atoms with Gasteiger partial charge in [0.1, 0.15) is 0 Å². The second-order valence-electron chi connectivity index (χ2n) is 6.47. The zero-order valence-corrected chi connectivity index (χ0v) is 13.7. The Labute approximate surface area is 137 Å². The Morgan fingerprint density at radius 1 is 1.05 bits per heavy atom. The molecule has 0 saturated heterocycles. The Balaban J connectivity index is 1.87. The number of nitrogens with one attached hydrogen (secondary N) is 1. The van der Waals surface area contributed by atoms with Crippen LogP contribution in [-0.2, 0) is 0 Å². The molecule has 0 aromatic heterocycles. The summed E-state index contributed by atoms with van der Waals surface area (Å²) in [6, 6.07) is 13.1. The topological polar surface area (TPSA) is 12.0 Å². The molecule has 1 aliphatic carbocycles. The predicted octanol–water partition coefficient (Wildman–Crippen LogP) is 5.78. The predicted molar refractivity (Wildman–Crippen MR) is 93.7 cm³/mol. The lowest BCUT2D eigenvalue weighted by atomic mass is 9.76. The quantitative estimate of drug-likeness (QED) is 0.658. The molecule has 0 bridgehead atoms. The molecule has 112 valence electrons. The van der Waals surface area contributed by atoms with Gasteiger partial charge in [0, 0.05) is 16.6 Å². The van der Waals surface area contributed by atoms with Crippen molar-refractivity contribution in [3.8, 4) is 0 Å². The van der Waals surface area contributed by atoms with Crippen molar-refractivity contribution in [1.82, 2.24) is 0 Å². The van der Waals surface area contributed by atoms with Gasteiger partial charge in [0.15, 0.2) is 0 Å². The summed E-state index contributed by atoms with van der Waals surface area (Å²) >= 11 is 6.49. The van der Waals surface area contributed by atoms with Gasteiger partial charge >= 0.3 is 0 Å². The largest absolute Gasteiger partial charge is 0.377 e. The van der Waals surface area contributed by atoms with Gasteiger partial charge in [0.25, 0.3) is 0 Å². The van der Waals surface area contributed by atoms with Gasteiger partial charge in [-0.15, -0.1) is 0 Å². The highest BCUT2D eigenvalue weighted by molar-refractivity contribution is 6.31. The maximum Gasteiger partial charge on any atom is 0.0568 e. The number of hydrogen-bond acceptors (Lipinski definition) is 1. The molecule has 22 heavy (non-hydrogen) atoms. The normalized spacial score (nSPS) is 25.5. The molecule has 2 aliphatic rings. The highest BCUT2D eigenvalue weighted by Crippen LogP contribution is 2.51. The van der Waals surface area contributed by atoms with E-state index in [-0.39, 0.29) is 6.04 Å². The van der Waals surface area contributed by atoms with Crippen molar-refractivity contribution in [3.05, 3.63) is 75.8 Å². The minimum atomic E-state index is 0.279. The van der Waals surface area contributed by atoms with Crippen LogP contribution >= 0.6 is 11.6 Å². The fourth-order valence-corrected chi connectivity index (χ4v) is 4.21. The molecule has 1 heterocycles. The first kappa shape index (κ1) is 13.9. The Morgan fingerprint density at radius 2 is 1.86 bits per heavy atom. The van der Waals surface area contributed by atoms with E-state index in [1.165, 1.54) is 27.9 Å². The number of allylic oxidation sites excluding steroid dienone is 2. The molecule has 2 heteroatoms. The van der Waals surface area contributed by atoms with Crippen LogP contribution in [0.25, 0.3) is 0 Å². The van der Waals surface area contributed by atoms with Gasteiger partial charge in [-0.05, 0) is 54.5 Å². The number of benzene rings is 2. The average molecular weight is 310 g/mol. The van der Waals surface area contributed by atoms with E-state index in [4.69, 9.17) is 11.6 Å². The highest BCUT2D eigenvalue weighted by Gasteiger charge is 2.39. The van der Waals surface area contributed by atoms with Crippen LogP contribution in [0.2, 0.25) is 5.02 Å². The summed E-state index contributed by atoms with van der Waals surface area (Å²) in [7, 11) is 0. The molecule has 0 amide bonds. The maximum absolute atomic E-state index is 6.49. The molecule has 4 rings (SSSR count). The third kappa shape index (κ3) is 1.99. The van der Waals surface area contributed by atoms with E-state index < -0.39 is 0 Å². The molecule has 3 atom stereocenters. The Morgan fingerprint density at radius 3 is 2.68 bits per heavy atom. The summed E-state index contributed by atoms with van der Waals surface area (Å²) in [4.78, 5) is 0. The fourth-order valence-electron chi connectivity index (χ4n) is 3.95. The number of fused-ring (bicyclic) bond motifs is 3. The van der Waals surface area contributed by atoms with E-state index in [1.807, 2.05) is 12.1 Å². The lowest BCUT2D eigenvalue weighted by Crippen LogP contribution is -2.30. The number of halogens is 1. The molecular formula is C20H20ClN. The van der Waals surface area contributed by atoms with Crippen LogP contribution in [0.3, 0.4) is 0 Å². The zero-order valence-electron chi connectivity index (χ0n) is 12.9. The SMILES string of the molecule is Cc1ccc2c(c1C)N[C@H](c1ccccc1Cl)[C@@H]1CC=C[C@H]21. The van der Waals surface area contributed by atoms with Crippen molar-refractivity contribution in [1.29, 1.82) is 0 Å². The van der Waals surface area contributed by atoms with Crippen LogP contribution in [0.15, 0.2) is 48.6 Å². The molecular weight excluding hydrogens is 290 g/mol. The first-order chi connectivity index (χ1) is 10.7. The van der Waals surface area contributed by atoms with E-state index >= 15 is 0 Å². The van der Waals surface area contributed by atoms with Crippen molar-refractivity contribution in [2.45, 2.75) is 32.2 Å². The third-order valence-electron chi connectivity index (χ3n) is 5.31. The molecule has 2 aromatic rings. The first-order valence-corrected chi connectivity index (χ1v) is 8.32. The zero-order chi connectivity index (χ0) is 15.3. The molecule has 0 spiro atoms. The number of hydrogen-bond donors (Lipinski definition) is 1. The van der Waals surface area contributed by atoms with Crippen LogP contribution in [-0.4, -0.2) is 0 Å². The lowest BCUT2D eigenvalue weighted by Gasteiger charge is -2.39. The fraction of sp³-hybridized carbons (Fsp3) is 0.300. The van der Waals surface area contributed by atoms with Gasteiger partial charge in [0.2, 0.25) is 0 Å². The summed E-state index contributed by atoms with van der Waals surface area (Å²) in [5.74, 6) is 1.05. The standard InChI is InChI=1S/C20H20ClN/c1-12-10-11-16-14-7-5-8-15(14)20(22-19(16)13(12)2)17-6-3-4-9-18(17)21/h3-7,9-11,14-15,20,22H,8H2,1-2H3/t14-,15+,20-/m0/s1. The van der Waals surface area contributed by atoms with Gasteiger partial charge in [-0.25, -0.2) is 0 Å². The molecule has 2 aromatic carbocycles. The van der Waals surface area contributed by atoms with E-state index in [2.05, 4.69) is 55.6 Å². The average Bonchev–Trinajstić information content (AvgIpc) is 3.00. The van der Waals surface area contributed by atoms with Gasteiger partial charge in [0.05, 0.1) is 6.04 Å². The second-order valence-corrected chi connectivity index (χ2v) is 6.88. The van der Waals surface area contributed by atoms with Gasteiger partial charge in [-0.2, -0.15) is 0 Å². The maximum atomic E-state index is 6.49. The van der Waals surface area contributed by atoms with Crippen molar-refractivity contribution >= 4 is 17.3 Å². The van der Waals surface area contributed by atoms with Crippen LogP contribution in [0, 0.1) is 19.8 Å². The van der Waals surface area contributed by atoms with Crippen molar-refractivity contribution in [3.63, 3.8) is 0 Å². The molecule has 1 aliphatic heterocycles. The molecule has 1 nitrogen and oxygen atoms in total. The van der Waals surface area contributed by atoms with Gasteiger partial charge in [-0.1, -0.05) is 54.1 Å². The molecule has 0 saturated carbocycles. The van der Waals surface area contributed by atoms with Crippen LogP contribution in [0.1, 0.15) is 40.6 Å². The number of aryl methyl sites for hydroxylation is 1. The summed E-state index contributed by atoms with van der Waals surface area (Å²) in [5, 5.41) is 4.67. The first-order valence-electron chi connectivity index (χ1n) is 7.94. The molecule has 1 N–H and O–H groups in total. The van der Waals surface area contributed by atoms with Crippen LogP contribution in [0.4, 0.5) is 5.69 Å². The van der Waals surface area contributed by atoms with Crippen LogP contribution < -0.4 is 5.32 Å². The Bertz CT molecular complexity index is 762. The molecule has 0 fully saturated rings. The van der Waals surface area contributed by atoms with E-state index in [0.29, 0.717) is 11.8 Å². The highest BCUT2D eigenvalue weighted by atomic mass is 35.5. The smallest absolute Gasteiger partial charge is 0.0568 e. The minimum Gasteiger partial charge on any atom is -0.377 e. The summed E-state index contributed by atoms with van der Waals surface area (Å²) in [5.41, 5.74) is 6.65. The second kappa shape index (κ2) is 5.17. The van der Waals surface area contributed by atoms with E-state index in [9.17, 15) is 0 Å². The monoisotopic (exact) mass is 309 g/mol. The third-order valence-corrected chi connectivity index (χ3v) is 5.65. The van der Waals surface area contributed by atoms with Crippen LogP contribution in [0.5, 0.6) is 0 Å². The van der Waals surface area contributed by atoms with Crippen molar-refractivity contribution in [2.75, 3.05) is 5.32 Å². The van der Waals surface area contributed by atoms with Crippen molar-refractivity contribution < 1.29 is 0 Å².